The van der Waals surface area contributed by atoms with E-state index in [1.54, 1.807) is 0 Å². The SMILES string of the molecule is C=C1C2=CCC(COC=O)C=C12. The number of carbonyl (C=O) groups excluding carboxylic acids is 1. The molecule has 0 heterocycles. The molecular weight excluding hydrogens is 152 g/mol. The standard InChI is InChI=1S/C10H10O2/c1-7-9-3-2-8(4-10(7)9)5-12-6-11/h3-4,6,8H,1-2,5H2. The van der Waals surface area contributed by atoms with Crippen LogP contribution in [0.25, 0.3) is 0 Å². The zero-order valence-corrected chi connectivity index (χ0v) is 6.75. The van der Waals surface area contributed by atoms with Crippen LogP contribution in [-0.2, 0) is 9.53 Å². The summed E-state index contributed by atoms with van der Waals surface area (Å²) in [5, 5.41) is 0. The Morgan fingerprint density at radius 1 is 1.67 bits per heavy atom. The average Bonchev–Trinajstić information content (AvgIpc) is 2.74. The molecule has 1 fully saturated rings. The fourth-order valence-corrected chi connectivity index (χ4v) is 1.54. The van der Waals surface area contributed by atoms with Gasteiger partial charge in [-0.15, -0.1) is 0 Å². The highest BCUT2D eigenvalue weighted by Gasteiger charge is 2.31. The van der Waals surface area contributed by atoms with Crippen molar-refractivity contribution in [3.63, 3.8) is 0 Å². The normalized spacial score (nSPS) is 25.3. The predicted octanol–water partition coefficient (Wildman–Crippen LogP) is 1.60. The molecule has 0 amide bonds. The molecule has 0 aliphatic heterocycles. The Hall–Kier alpha value is -1.31. The summed E-state index contributed by atoms with van der Waals surface area (Å²) in [6.07, 6.45) is 5.27. The second-order valence-corrected chi connectivity index (χ2v) is 3.10. The minimum atomic E-state index is 0.355. The fourth-order valence-electron chi connectivity index (χ4n) is 1.54. The van der Waals surface area contributed by atoms with Crippen LogP contribution in [0.1, 0.15) is 6.42 Å². The Morgan fingerprint density at radius 3 is 3.17 bits per heavy atom. The highest BCUT2D eigenvalue weighted by atomic mass is 16.5. The van der Waals surface area contributed by atoms with Gasteiger partial charge in [-0.25, -0.2) is 0 Å². The van der Waals surface area contributed by atoms with E-state index >= 15 is 0 Å². The number of hydrogen-bond acceptors (Lipinski definition) is 2. The van der Waals surface area contributed by atoms with Gasteiger partial charge in [0, 0.05) is 5.92 Å². The van der Waals surface area contributed by atoms with E-state index in [1.807, 2.05) is 0 Å². The summed E-state index contributed by atoms with van der Waals surface area (Å²) in [6.45, 7) is 4.87. The smallest absolute Gasteiger partial charge is 0.293 e. The van der Waals surface area contributed by atoms with Crippen LogP contribution >= 0.6 is 0 Å². The van der Waals surface area contributed by atoms with E-state index in [9.17, 15) is 4.79 Å². The lowest BCUT2D eigenvalue weighted by atomic mass is 10.0. The highest BCUT2D eigenvalue weighted by Crippen LogP contribution is 2.46. The Labute approximate surface area is 71.2 Å². The first-order chi connectivity index (χ1) is 5.83. The number of carbonyl (C=O) groups is 1. The van der Waals surface area contributed by atoms with Gasteiger partial charge in [-0.3, -0.25) is 4.79 Å². The van der Waals surface area contributed by atoms with Gasteiger partial charge >= 0.3 is 0 Å². The Kier molecular flexibility index (Phi) is 1.61. The summed E-state index contributed by atoms with van der Waals surface area (Å²) in [4.78, 5) is 9.93. The summed E-state index contributed by atoms with van der Waals surface area (Å²) in [5.41, 5.74) is 3.72. The van der Waals surface area contributed by atoms with Gasteiger partial charge in [0.05, 0.1) is 6.61 Å². The van der Waals surface area contributed by atoms with E-state index in [0.717, 1.165) is 12.0 Å². The molecule has 1 saturated carbocycles. The minimum Gasteiger partial charge on any atom is -0.467 e. The lowest BCUT2D eigenvalue weighted by Gasteiger charge is -2.09. The topological polar surface area (TPSA) is 26.3 Å². The van der Waals surface area contributed by atoms with Crippen LogP contribution in [0.15, 0.2) is 35.5 Å². The molecule has 0 bridgehead atoms. The maximum absolute atomic E-state index is 9.93. The van der Waals surface area contributed by atoms with Crippen molar-refractivity contribution in [1.82, 2.24) is 0 Å². The second kappa shape index (κ2) is 2.63. The van der Waals surface area contributed by atoms with Gasteiger partial charge in [-0.1, -0.05) is 18.7 Å². The summed E-state index contributed by atoms with van der Waals surface area (Å²) >= 11 is 0. The molecular formula is C10H10O2. The van der Waals surface area contributed by atoms with Gasteiger partial charge in [0.15, 0.2) is 0 Å². The first kappa shape index (κ1) is 7.35. The summed E-state index contributed by atoms with van der Waals surface area (Å²) in [5.74, 6) is 0.355. The van der Waals surface area contributed by atoms with E-state index in [1.165, 1.54) is 11.1 Å². The molecule has 0 aromatic rings. The fraction of sp³-hybridized carbons (Fsp3) is 0.300. The number of rotatable bonds is 3. The molecule has 0 aromatic heterocycles. The third kappa shape index (κ3) is 1.09. The monoisotopic (exact) mass is 162 g/mol. The molecule has 2 aliphatic carbocycles. The summed E-state index contributed by atoms with van der Waals surface area (Å²) < 4.78 is 4.69. The van der Waals surface area contributed by atoms with Crippen LogP contribution in [0.4, 0.5) is 0 Å². The molecule has 1 atom stereocenters. The first-order valence-electron chi connectivity index (χ1n) is 4.00. The molecule has 62 valence electrons. The van der Waals surface area contributed by atoms with Crippen molar-refractivity contribution in [3.8, 4) is 0 Å². The van der Waals surface area contributed by atoms with Gasteiger partial charge in [0.1, 0.15) is 0 Å². The van der Waals surface area contributed by atoms with Gasteiger partial charge in [0.25, 0.3) is 6.47 Å². The lowest BCUT2D eigenvalue weighted by molar-refractivity contribution is -0.129. The largest absolute Gasteiger partial charge is 0.467 e. The molecule has 0 N–H and O–H groups in total. The highest BCUT2D eigenvalue weighted by molar-refractivity contribution is 5.78. The molecule has 2 heteroatoms. The van der Waals surface area contributed by atoms with Gasteiger partial charge in [0.2, 0.25) is 0 Å². The van der Waals surface area contributed by atoms with Gasteiger partial charge in [-0.2, -0.15) is 0 Å². The molecule has 2 rings (SSSR count). The average molecular weight is 162 g/mol. The van der Waals surface area contributed by atoms with Crippen LogP contribution < -0.4 is 0 Å². The molecule has 12 heavy (non-hydrogen) atoms. The third-order valence-corrected chi connectivity index (χ3v) is 2.28. The molecule has 0 saturated heterocycles. The zero-order valence-electron chi connectivity index (χ0n) is 6.75. The van der Waals surface area contributed by atoms with Crippen molar-refractivity contribution in [2.24, 2.45) is 5.92 Å². The van der Waals surface area contributed by atoms with Crippen molar-refractivity contribution in [1.29, 1.82) is 0 Å². The predicted molar refractivity (Wildman–Crippen MR) is 45.4 cm³/mol. The minimum absolute atomic E-state index is 0.355. The van der Waals surface area contributed by atoms with Crippen molar-refractivity contribution >= 4 is 6.47 Å². The van der Waals surface area contributed by atoms with Crippen LogP contribution in [0.2, 0.25) is 0 Å². The van der Waals surface area contributed by atoms with Crippen molar-refractivity contribution in [2.75, 3.05) is 6.61 Å². The van der Waals surface area contributed by atoms with E-state index in [0.29, 0.717) is 19.0 Å². The molecule has 0 aromatic carbocycles. The maximum Gasteiger partial charge on any atom is 0.293 e. The molecule has 2 aliphatic rings. The quantitative estimate of drug-likeness (QED) is 0.589. The Morgan fingerprint density at radius 2 is 2.50 bits per heavy atom. The van der Waals surface area contributed by atoms with Crippen LogP contribution in [0, 0.1) is 5.92 Å². The van der Waals surface area contributed by atoms with Crippen molar-refractivity contribution < 1.29 is 9.53 Å². The van der Waals surface area contributed by atoms with E-state index < -0.39 is 0 Å². The maximum atomic E-state index is 9.93. The third-order valence-electron chi connectivity index (χ3n) is 2.28. The Balaban J connectivity index is 1.98. The first-order valence-corrected chi connectivity index (χ1v) is 4.00. The van der Waals surface area contributed by atoms with E-state index in [2.05, 4.69) is 18.7 Å². The number of hydrogen-bond donors (Lipinski definition) is 0. The van der Waals surface area contributed by atoms with Crippen molar-refractivity contribution in [2.45, 2.75) is 6.42 Å². The number of allylic oxidation sites excluding steroid dienone is 4. The van der Waals surface area contributed by atoms with E-state index in [-0.39, 0.29) is 0 Å². The lowest BCUT2D eigenvalue weighted by Crippen LogP contribution is -2.06. The van der Waals surface area contributed by atoms with Crippen LogP contribution in [0.3, 0.4) is 0 Å². The van der Waals surface area contributed by atoms with Crippen LogP contribution in [-0.4, -0.2) is 13.1 Å². The van der Waals surface area contributed by atoms with E-state index in [4.69, 9.17) is 4.74 Å². The molecule has 0 spiro atoms. The number of fused-ring (bicyclic) bond motifs is 1. The summed E-state index contributed by atoms with van der Waals surface area (Å²) in [6, 6.07) is 0. The number of ether oxygens (including phenoxy) is 1. The molecule has 2 nitrogen and oxygen atoms in total. The summed E-state index contributed by atoms with van der Waals surface area (Å²) in [7, 11) is 0. The van der Waals surface area contributed by atoms with Gasteiger partial charge < -0.3 is 4.74 Å². The zero-order chi connectivity index (χ0) is 8.55. The van der Waals surface area contributed by atoms with Crippen LogP contribution in [0.5, 0.6) is 0 Å². The molecule has 0 radical (unpaired) electrons. The second-order valence-electron chi connectivity index (χ2n) is 3.10. The molecule has 1 unspecified atom stereocenters. The van der Waals surface area contributed by atoms with Crippen molar-refractivity contribution in [3.05, 3.63) is 35.5 Å². The van der Waals surface area contributed by atoms with Gasteiger partial charge in [-0.05, 0) is 23.1 Å². The Bertz CT molecular complexity index is 297.